The summed E-state index contributed by atoms with van der Waals surface area (Å²) in [6.07, 6.45) is -4.16. The summed E-state index contributed by atoms with van der Waals surface area (Å²) in [7, 11) is 0. The number of anilines is 1. The lowest BCUT2D eigenvalue weighted by Crippen LogP contribution is -2.99. The van der Waals surface area contributed by atoms with E-state index in [4.69, 9.17) is 15.1 Å². The molecule has 19 heavy (non-hydrogen) atoms. The summed E-state index contributed by atoms with van der Waals surface area (Å²) in [5.74, 6) is 0. The van der Waals surface area contributed by atoms with Gasteiger partial charge in [-0.05, 0) is 6.07 Å². The maximum Gasteiger partial charge on any atom is 0.165 e. The maximum absolute atomic E-state index is 10.8. The Hall–Kier alpha value is -1.26. The van der Waals surface area contributed by atoms with Crippen LogP contribution in [0.1, 0.15) is 0 Å². The van der Waals surface area contributed by atoms with Gasteiger partial charge in [-0.3, -0.25) is 0 Å². The third-order valence-corrected chi connectivity index (χ3v) is 2.96. The van der Waals surface area contributed by atoms with Gasteiger partial charge in [0.15, 0.2) is 11.9 Å². The summed E-state index contributed by atoms with van der Waals surface area (Å²) < 4.78 is 5.23. The van der Waals surface area contributed by atoms with Gasteiger partial charge < -0.3 is 30.6 Å². The van der Waals surface area contributed by atoms with E-state index in [0.29, 0.717) is 5.69 Å². The SMILES string of the molecule is [O-][NH+](O)c1cccc(N[C@@H]2O[C@H](CO)[C@@H](O)[C@H]2O)c1. The number of rotatable bonds is 4. The first-order valence-electron chi connectivity index (χ1n) is 5.75. The van der Waals surface area contributed by atoms with Crippen molar-refractivity contribution in [3.8, 4) is 0 Å². The molecule has 1 unspecified atom stereocenters. The van der Waals surface area contributed by atoms with Crippen molar-refractivity contribution in [3.05, 3.63) is 29.5 Å². The number of aliphatic hydroxyl groups excluding tert-OH is 3. The summed E-state index contributed by atoms with van der Waals surface area (Å²) in [6, 6.07) is 5.98. The molecule has 0 amide bonds. The molecular formula is C11H16N2O6. The van der Waals surface area contributed by atoms with Crippen molar-refractivity contribution < 1.29 is 30.5 Å². The van der Waals surface area contributed by atoms with Gasteiger partial charge in [-0.25, -0.2) is 5.21 Å². The molecule has 106 valence electrons. The molecule has 1 heterocycles. The minimum absolute atomic E-state index is 0.0942. The van der Waals surface area contributed by atoms with Crippen molar-refractivity contribution in [3.63, 3.8) is 0 Å². The highest BCUT2D eigenvalue weighted by Gasteiger charge is 2.42. The van der Waals surface area contributed by atoms with E-state index >= 15 is 0 Å². The molecule has 8 heteroatoms. The van der Waals surface area contributed by atoms with Gasteiger partial charge in [0.05, 0.1) is 6.61 Å². The second-order valence-electron chi connectivity index (χ2n) is 4.29. The maximum atomic E-state index is 10.8. The van der Waals surface area contributed by atoms with Gasteiger partial charge in [-0.1, -0.05) is 6.07 Å². The number of hydrogen-bond donors (Lipinski definition) is 6. The van der Waals surface area contributed by atoms with Crippen molar-refractivity contribution in [2.24, 2.45) is 0 Å². The molecule has 0 saturated carbocycles. The highest BCUT2D eigenvalue weighted by Crippen LogP contribution is 2.23. The van der Waals surface area contributed by atoms with E-state index in [1.54, 1.807) is 12.1 Å². The molecule has 6 N–H and O–H groups in total. The van der Waals surface area contributed by atoms with Crippen LogP contribution in [0, 0.1) is 5.21 Å². The predicted octanol–water partition coefficient (Wildman–Crippen LogP) is -2.06. The summed E-state index contributed by atoms with van der Waals surface area (Å²) in [5.41, 5.74) is 0.534. The summed E-state index contributed by atoms with van der Waals surface area (Å²) >= 11 is 0. The second kappa shape index (κ2) is 5.80. The molecule has 1 aromatic rings. The van der Waals surface area contributed by atoms with Crippen LogP contribution in [0.25, 0.3) is 0 Å². The lowest BCUT2D eigenvalue weighted by Gasteiger charge is -2.19. The monoisotopic (exact) mass is 272 g/mol. The van der Waals surface area contributed by atoms with Gasteiger partial charge in [0.1, 0.15) is 18.3 Å². The molecule has 0 bridgehead atoms. The van der Waals surface area contributed by atoms with E-state index in [1.807, 2.05) is 0 Å². The van der Waals surface area contributed by atoms with Crippen LogP contribution >= 0.6 is 0 Å². The summed E-state index contributed by atoms with van der Waals surface area (Å²) in [4.78, 5) is 0. The molecule has 2 rings (SSSR count). The lowest BCUT2D eigenvalue weighted by atomic mass is 10.1. The van der Waals surface area contributed by atoms with E-state index < -0.39 is 36.4 Å². The van der Waals surface area contributed by atoms with Crippen LogP contribution in [0.3, 0.4) is 0 Å². The molecule has 1 saturated heterocycles. The summed E-state index contributed by atoms with van der Waals surface area (Å²) in [5, 5.41) is 49.7. The van der Waals surface area contributed by atoms with Crippen molar-refractivity contribution in [2.75, 3.05) is 11.9 Å². The number of hydrogen-bond acceptors (Lipinski definition) is 7. The molecular weight excluding hydrogens is 256 g/mol. The predicted molar refractivity (Wildman–Crippen MR) is 63.6 cm³/mol. The average Bonchev–Trinajstić information content (AvgIpc) is 2.67. The molecule has 1 aliphatic heterocycles. The van der Waals surface area contributed by atoms with E-state index in [0.717, 1.165) is 0 Å². The van der Waals surface area contributed by atoms with E-state index in [2.05, 4.69) is 5.32 Å². The van der Waals surface area contributed by atoms with Gasteiger partial charge in [0, 0.05) is 17.8 Å². The Morgan fingerprint density at radius 2 is 2.05 bits per heavy atom. The molecule has 0 aromatic heterocycles. The Morgan fingerprint density at radius 3 is 2.63 bits per heavy atom. The first-order valence-corrected chi connectivity index (χ1v) is 5.75. The molecule has 1 aromatic carbocycles. The molecule has 1 aliphatic rings. The zero-order valence-electron chi connectivity index (χ0n) is 9.93. The zero-order chi connectivity index (χ0) is 14.0. The topological polar surface area (TPSA) is 130 Å². The fourth-order valence-electron chi connectivity index (χ4n) is 1.93. The number of ether oxygens (including phenoxy) is 1. The van der Waals surface area contributed by atoms with Crippen LogP contribution in [-0.2, 0) is 4.74 Å². The number of aliphatic hydroxyl groups is 3. The molecule has 0 radical (unpaired) electrons. The van der Waals surface area contributed by atoms with Crippen LogP contribution in [0.2, 0.25) is 0 Å². The van der Waals surface area contributed by atoms with E-state index in [9.17, 15) is 15.4 Å². The largest absolute Gasteiger partial charge is 0.595 e. The molecule has 0 aliphatic carbocycles. The van der Waals surface area contributed by atoms with Crippen LogP contribution < -0.4 is 10.5 Å². The van der Waals surface area contributed by atoms with Crippen molar-refractivity contribution in [1.82, 2.24) is 0 Å². The third kappa shape index (κ3) is 3.01. The number of benzene rings is 1. The lowest BCUT2D eigenvalue weighted by molar-refractivity contribution is -0.991. The van der Waals surface area contributed by atoms with Gasteiger partial charge >= 0.3 is 0 Å². The fraction of sp³-hybridized carbons (Fsp3) is 0.455. The first kappa shape index (κ1) is 14.2. The minimum atomic E-state index is -1.20. The van der Waals surface area contributed by atoms with Crippen molar-refractivity contribution >= 4 is 11.4 Å². The first-order chi connectivity index (χ1) is 9.02. The van der Waals surface area contributed by atoms with E-state index in [1.165, 1.54) is 12.1 Å². The smallest absolute Gasteiger partial charge is 0.165 e. The second-order valence-corrected chi connectivity index (χ2v) is 4.29. The zero-order valence-corrected chi connectivity index (χ0v) is 9.93. The molecule has 0 spiro atoms. The normalized spacial score (nSPS) is 32.3. The van der Waals surface area contributed by atoms with Gasteiger partial charge in [0.2, 0.25) is 0 Å². The van der Waals surface area contributed by atoms with Crippen molar-refractivity contribution in [1.29, 1.82) is 0 Å². The van der Waals surface area contributed by atoms with E-state index in [-0.39, 0.29) is 5.69 Å². The van der Waals surface area contributed by atoms with Crippen molar-refractivity contribution in [2.45, 2.75) is 24.5 Å². The van der Waals surface area contributed by atoms with Crippen LogP contribution in [-0.4, -0.2) is 51.7 Å². The average molecular weight is 272 g/mol. The minimum Gasteiger partial charge on any atom is -0.595 e. The number of nitrogens with one attached hydrogen (secondary N) is 2. The van der Waals surface area contributed by atoms with Gasteiger partial charge in [-0.2, -0.15) is 5.23 Å². The van der Waals surface area contributed by atoms with Crippen LogP contribution in [0.4, 0.5) is 11.4 Å². The van der Waals surface area contributed by atoms with Gasteiger partial charge in [0.25, 0.3) is 0 Å². The van der Waals surface area contributed by atoms with Crippen LogP contribution in [0.5, 0.6) is 0 Å². The highest BCUT2D eigenvalue weighted by molar-refractivity contribution is 5.51. The highest BCUT2D eigenvalue weighted by atomic mass is 16.8. The summed E-state index contributed by atoms with van der Waals surface area (Å²) in [6.45, 7) is -0.411. The Morgan fingerprint density at radius 1 is 1.32 bits per heavy atom. The Labute approximate surface area is 109 Å². The Bertz CT molecular complexity index is 429. The van der Waals surface area contributed by atoms with Gasteiger partial charge in [-0.15, -0.1) is 0 Å². The third-order valence-electron chi connectivity index (χ3n) is 2.96. The standard InChI is InChI=1S/C11H16N2O6/c14-5-8-9(15)10(16)11(19-8)12-6-2-1-3-7(4-6)13(17)18/h1-4,8-17H,5H2/t8-,9-,10-,11-/m1/s1. The number of quaternary nitrogens is 1. The van der Waals surface area contributed by atoms with Crippen LogP contribution in [0.15, 0.2) is 24.3 Å². The Kier molecular flexibility index (Phi) is 4.32. The Balaban J connectivity index is 2.07. The quantitative estimate of drug-likeness (QED) is 0.348. The molecule has 5 atom stereocenters. The molecule has 8 nitrogen and oxygen atoms in total. The fourth-order valence-corrected chi connectivity index (χ4v) is 1.93. The molecule has 1 fully saturated rings.